The van der Waals surface area contributed by atoms with E-state index < -0.39 is 12.0 Å². The van der Waals surface area contributed by atoms with Gasteiger partial charge < -0.3 is 16.2 Å². The molecular formula is C14H20N2O3. The second-order valence-corrected chi connectivity index (χ2v) is 5.03. The number of carboxylic acid groups (broad SMARTS) is 1. The van der Waals surface area contributed by atoms with Crippen molar-refractivity contribution < 1.29 is 14.7 Å². The van der Waals surface area contributed by atoms with Gasteiger partial charge in [0.05, 0.1) is 11.6 Å². The van der Waals surface area contributed by atoms with Gasteiger partial charge in [0.25, 0.3) is 0 Å². The number of aromatic carboxylic acids is 1. The molecule has 0 bridgehead atoms. The van der Waals surface area contributed by atoms with Gasteiger partial charge in [-0.2, -0.15) is 0 Å². The number of carbonyl (C=O) groups excluding carboxylic acids is 1. The average Bonchev–Trinajstić information content (AvgIpc) is 2.31. The molecule has 5 nitrogen and oxygen atoms in total. The molecule has 1 amide bonds. The lowest BCUT2D eigenvalue weighted by atomic mass is 10.0. The van der Waals surface area contributed by atoms with Gasteiger partial charge in [0.1, 0.15) is 0 Å². The molecule has 0 radical (unpaired) electrons. The highest BCUT2D eigenvalue weighted by molar-refractivity contribution is 5.97. The molecule has 1 rings (SSSR count). The predicted molar refractivity (Wildman–Crippen MR) is 74.3 cm³/mol. The highest BCUT2D eigenvalue weighted by atomic mass is 16.4. The summed E-state index contributed by atoms with van der Waals surface area (Å²) in [6, 6.07) is 2.58. The number of amides is 1. The average molecular weight is 264 g/mol. The van der Waals surface area contributed by atoms with Crippen molar-refractivity contribution in [1.29, 1.82) is 0 Å². The van der Waals surface area contributed by atoms with Crippen LogP contribution < -0.4 is 11.1 Å². The van der Waals surface area contributed by atoms with Gasteiger partial charge in [-0.3, -0.25) is 4.79 Å². The van der Waals surface area contributed by atoms with Crippen LogP contribution in [-0.4, -0.2) is 23.0 Å². The minimum Gasteiger partial charge on any atom is -0.478 e. The summed E-state index contributed by atoms with van der Waals surface area (Å²) >= 11 is 0. The quantitative estimate of drug-likeness (QED) is 0.774. The van der Waals surface area contributed by atoms with Crippen molar-refractivity contribution in [3.63, 3.8) is 0 Å². The van der Waals surface area contributed by atoms with E-state index in [9.17, 15) is 9.59 Å². The Morgan fingerprint density at radius 3 is 2.32 bits per heavy atom. The maximum atomic E-state index is 11.8. The zero-order valence-corrected chi connectivity index (χ0v) is 11.7. The van der Waals surface area contributed by atoms with E-state index in [4.69, 9.17) is 10.8 Å². The standard InChI is InChI=1S/C14H20N2O3/c1-7(2)12(15)13(17)16-10-5-8(3)9(4)11(6-10)14(18)19/h5-7,12H,15H2,1-4H3,(H,16,17)(H,18,19)/t12-/m0/s1. The lowest BCUT2D eigenvalue weighted by Gasteiger charge is -2.16. The van der Waals surface area contributed by atoms with Crippen LogP contribution in [0.3, 0.4) is 0 Å². The van der Waals surface area contributed by atoms with Crippen molar-refractivity contribution in [2.75, 3.05) is 5.32 Å². The Bertz CT molecular complexity index is 510. The molecule has 1 atom stereocenters. The van der Waals surface area contributed by atoms with Gasteiger partial charge in [-0.15, -0.1) is 0 Å². The summed E-state index contributed by atoms with van der Waals surface area (Å²) in [5.74, 6) is -1.30. The highest BCUT2D eigenvalue weighted by Crippen LogP contribution is 2.20. The molecule has 19 heavy (non-hydrogen) atoms. The second-order valence-electron chi connectivity index (χ2n) is 5.03. The number of carbonyl (C=O) groups is 2. The fraction of sp³-hybridized carbons (Fsp3) is 0.429. The summed E-state index contributed by atoms with van der Waals surface area (Å²) in [6.07, 6.45) is 0. The first-order chi connectivity index (χ1) is 8.73. The fourth-order valence-electron chi connectivity index (χ4n) is 1.68. The monoisotopic (exact) mass is 264 g/mol. The van der Waals surface area contributed by atoms with Crippen molar-refractivity contribution in [2.24, 2.45) is 11.7 Å². The minimum atomic E-state index is -1.01. The zero-order valence-electron chi connectivity index (χ0n) is 11.7. The van der Waals surface area contributed by atoms with Crippen LogP contribution in [0.25, 0.3) is 0 Å². The third-order valence-corrected chi connectivity index (χ3v) is 3.19. The second kappa shape index (κ2) is 5.84. The summed E-state index contributed by atoms with van der Waals surface area (Å²) < 4.78 is 0. The number of carboxylic acids is 1. The van der Waals surface area contributed by atoms with E-state index in [0.717, 1.165) is 5.56 Å². The Morgan fingerprint density at radius 1 is 1.26 bits per heavy atom. The first-order valence-corrected chi connectivity index (χ1v) is 6.15. The summed E-state index contributed by atoms with van der Waals surface area (Å²) in [7, 11) is 0. The number of rotatable bonds is 4. The molecule has 0 unspecified atom stereocenters. The summed E-state index contributed by atoms with van der Waals surface area (Å²) in [4.78, 5) is 23.0. The first-order valence-electron chi connectivity index (χ1n) is 6.15. The van der Waals surface area contributed by atoms with Crippen molar-refractivity contribution in [2.45, 2.75) is 33.7 Å². The first kappa shape index (κ1) is 15.2. The molecular weight excluding hydrogens is 244 g/mol. The van der Waals surface area contributed by atoms with E-state index in [1.807, 2.05) is 13.8 Å². The maximum absolute atomic E-state index is 11.8. The molecule has 0 aromatic heterocycles. The van der Waals surface area contributed by atoms with Gasteiger partial charge in [0.2, 0.25) is 5.91 Å². The van der Waals surface area contributed by atoms with E-state index in [1.54, 1.807) is 19.9 Å². The fourth-order valence-corrected chi connectivity index (χ4v) is 1.68. The van der Waals surface area contributed by atoms with Crippen LogP contribution in [-0.2, 0) is 4.79 Å². The third-order valence-electron chi connectivity index (χ3n) is 3.19. The molecule has 0 aliphatic carbocycles. The van der Waals surface area contributed by atoms with Crippen molar-refractivity contribution >= 4 is 17.6 Å². The van der Waals surface area contributed by atoms with Crippen LogP contribution in [0.5, 0.6) is 0 Å². The van der Waals surface area contributed by atoms with E-state index in [-0.39, 0.29) is 17.4 Å². The molecule has 0 saturated heterocycles. The molecule has 5 heteroatoms. The Labute approximate surface area is 112 Å². The van der Waals surface area contributed by atoms with Gasteiger partial charge in [-0.25, -0.2) is 4.79 Å². The number of nitrogens with two attached hydrogens (primary N) is 1. The molecule has 0 spiro atoms. The molecule has 0 fully saturated rings. The summed E-state index contributed by atoms with van der Waals surface area (Å²) in [5, 5.41) is 11.8. The van der Waals surface area contributed by atoms with Crippen LogP contribution >= 0.6 is 0 Å². The number of hydrogen-bond donors (Lipinski definition) is 3. The lowest BCUT2D eigenvalue weighted by Crippen LogP contribution is -2.39. The molecule has 4 N–H and O–H groups in total. The van der Waals surface area contributed by atoms with Gasteiger partial charge >= 0.3 is 5.97 Å². The zero-order chi connectivity index (χ0) is 14.7. The van der Waals surface area contributed by atoms with Crippen LogP contribution in [0, 0.1) is 19.8 Å². The van der Waals surface area contributed by atoms with Gasteiger partial charge in [-0.05, 0) is 43.0 Å². The number of hydrogen-bond acceptors (Lipinski definition) is 3. The largest absolute Gasteiger partial charge is 0.478 e. The number of benzene rings is 1. The molecule has 0 saturated carbocycles. The van der Waals surface area contributed by atoms with E-state index in [0.29, 0.717) is 11.3 Å². The molecule has 0 heterocycles. The van der Waals surface area contributed by atoms with Gasteiger partial charge in [-0.1, -0.05) is 13.8 Å². The third kappa shape index (κ3) is 3.54. The highest BCUT2D eigenvalue weighted by Gasteiger charge is 2.18. The van der Waals surface area contributed by atoms with Gasteiger partial charge in [0.15, 0.2) is 0 Å². The topological polar surface area (TPSA) is 92.4 Å². The van der Waals surface area contributed by atoms with E-state index >= 15 is 0 Å². The van der Waals surface area contributed by atoms with E-state index in [1.165, 1.54) is 6.07 Å². The normalized spacial score (nSPS) is 12.3. The van der Waals surface area contributed by atoms with Gasteiger partial charge in [0, 0.05) is 5.69 Å². The maximum Gasteiger partial charge on any atom is 0.336 e. The Kier molecular flexibility index (Phi) is 4.67. The molecule has 1 aromatic rings. The molecule has 0 aliphatic rings. The van der Waals surface area contributed by atoms with Crippen LogP contribution in [0.2, 0.25) is 0 Å². The lowest BCUT2D eigenvalue weighted by molar-refractivity contribution is -0.118. The van der Waals surface area contributed by atoms with Crippen LogP contribution in [0.1, 0.15) is 35.3 Å². The molecule has 104 valence electrons. The number of anilines is 1. The minimum absolute atomic E-state index is 0.0190. The van der Waals surface area contributed by atoms with Crippen LogP contribution in [0.4, 0.5) is 5.69 Å². The Balaban J connectivity index is 3.03. The van der Waals surface area contributed by atoms with Crippen molar-refractivity contribution in [1.82, 2.24) is 0 Å². The predicted octanol–water partition coefficient (Wildman–Crippen LogP) is 1.92. The van der Waals surface area contributed by atoms with Crippen molar-refractivity contribution in [3.8, 4) is 0 Å². The Hall–Kier alpha value is -1.88. The summed E-state index contributed by atoms with van der Waals surface area (Å²) in [5.41, 5.74) is 7.90. The summed E-state index contributed by atoms with van der Waals surface area (Å²) in [6.45, 7) is 7.25. The number of aryl methyl sites for hydroxylation is 1. The Morgan fingerprint density at radius 2 is 1.84 bits per heavy atom. The van der Waals surface area contributed by atoms with Crippen LogP contribution in [0.15, 0.2) is 12.1 Å². The molecule has 0 aliphatic heterocycles. The van der Waals surface area contributed by atoms with Crippen molar-refractivity contribution in [3.05, 3.63) is 28.8 Å². The smallest absolute Gasteiger partial charge is 0.336 e. The number of nitrogens with one attached hydrogen (secondary N) is 1. The SMILES string of the molecule is Cc1cc(NC(=O)[C@@H](N)C(C)C)cc(C(=O)O)c1C. The molecule has 1 aromatic carbocycles. The van der Waals surface area contributed by atoms with E-state index in [2.05, 4.69) is 5.32 Å².